The third-order valence-electron chi connectivity index (χ3n) is 5.26. The van der Waals surface area contributed by atoms with Crippen LogP contribution >= 0.6 is 0 Å². The quantitative estimate of drug-likeness (QED) is 0.291. The number of anilines is 1. The van der Waals surface area contributed by atoms with Crippen LogP contribution in [0.2, 0.25) is 0 Å². The first-order valence-electron chi connectivity index (χ1n) is 10.0. The molecule has 0 saturated carbocycles. The summed E-state index contributed by atoms with van der Waals surface area (Å²) in [5.74, 6) is -1.12. The van der Waals surface area contributed by atoms with Crippen molar-refractivity contribution in [3.8, 4) is 5.75 Å². The zero-order valence-electron chi connectivity index (χ0n) is 18.3. The number of hydrogen-bond donors (Lipinski definition) is 5. The minimum atomic E-state index is -1.40. The monoisotopic (exact) mass is 426 g/mol. The molecule has 0 radical (unpaired) electrons. The molecule has 0 saturated heterocycles. The summed E-state index contributed by atoms with van der Waals surface area (Å²) in [4.78, 5) is 23.7. The highest BCUT2D eigenvalue weighted by atomic mass is 16.5. The van der Waals surface area contributed by atoms with Gasteiger partial charge in [0.2, 0.25) is 0 Å². The van der Waals surface area contributed by atoms with Gasteiger partial charge in [0.1, 0.15) is 11.6 Å². The predicted molar refractivity (Wildman–Crippen MR) is 121 cm³/mol. The minimum Gasteiger partial charge on any atom is -0.483 e. The third-order valence-corrected chi connectivity index (χ3v) is 5.26. The Morgan fingerprint density at radius 3 is 2.26 bits per heavy atom. The summed E-state index contributed by atoms with van der Waals surface area (Å²) in [5.41, 5.74) is 12.6. The van der Waals surface area contributed by atoms with E-state index in [1.807, 2.05) is 26.8 Å². The molecule has 0 heterocycles. The van der Waals surface area contributed by atoms with Crippen molar-refractivity contribution in [2.75, 3.05) is 11.9 Å². The van der Waals surface area contributed by atoms with E-state index in [9.17, 15) is 14.7 Å². The molecule has 166 valence electrons. The van der Waals surface area contributed by atoms with Gasteiger partial charge in [0.15, 0.2) is 12.1 Å². The van der Waals surface area contributed by atoms with Gasteiger partial charge < -0.3 is 26.6 Å². The fourth-order valence-corrected chi connectivity index (χ4v) is 3.53. The van der Waals surface area contributed by atoms with Crippen LogP contribution in [0.5, 0.6) is 5.75 Å². The van der Waals surface area contributed by atoms with Crippen LogP contribution in [0, 0.1) is 12.3 Å². The Labute approximate surface area is 182 Å². The van der Waals surface area contributed by atoms with Gasteiger partial charge in [-0.2, -0.15) is 0 Å². The standard InChI is InChI=1S/C23H30N4O4/c1-5-23(22(29)30,27-16-8-6-15(7-9-16)21(25)26)18-11-17(13(2)3)19(10-14(18)4)31-12-20(24)28/h6-11,13,27H,5,12H2,1-4H3,(H2,24,28)(H3,25,26)(H,29,30). The lowest BCUT2D eigenvalue weighted by atomic mass is 9.81. The van der Waals surface area contributed by atoms with Gasteiger partial charge in [-0.1, -0.05) is 20.8 Å². The van der Waals surface area contributed by atoms with Gasteiger partial charge in [-0.3, -0.25) is 10.2 Å². The number of aliphatic carboxylic acids is 1. The van der Waals surface area contributed by atoms with E-state index in [1.54, 1.807) is 37.3 Å². The number of carboxylic acid groups (broad SMARTS) is 1. The number of rotatable bonds is 10. The van der Waals surface area contributed by atoms with Gasteiger partial charge >= 0.3 is 5.97 Å². The highest BCUT2D eigenvalue weighted by Gasteiger charge is 2.40. The average Bonchev–Trinajstić information content (AvgIpc) is 2.70. The molecule has 2 aromatic carbocycles. The van der Waals surface area contributed by atoms with Crippen LogP contribution in [0.25, 0.3) is 0 Å². The number of carboxylic acids is 1. The van der Waals surface area contributed by atoms with E-state index in [2.05, 4.69) is 5.32 Å². The summed E-state index contributed by atoms with van der Waals surface area (Å²) in [6.45, 7) is 7.29. The fourth-order valence-electron chi connectivity index (χ4n) is 3.53. The maximum atomic E-state index is 12.6. The highest BCUT2D eigenvalue weighted by Crippen LogP contribution is 2.38. The lowest BCUT2D eigenvalue weighted by Gasteiger charge is -2.33. The van der Waals surface area contributed by atoms with E-state index in [4.69, 9.17) is 21.6 Å². The van der Waals surface area contributed by atoms with Crippen LogP contribution in [0.1, 0.15) is 55.4 Å². The van der Waals surface area contributed by atoms with E-state index >= 15 is 0 Å². The fraction of sp³-hybridized carbons (Fsp3) is 0.348. The number of benzene rings is 2. The number of ether oxygens (including phenoxy) is 1. The van der Waals surface area contributed by atoms with Crippen LogP contribution in [-0.4, -0.2) is 29.4 Å². The normalized spacial score (nSPS) is 12.8. The van der Waals surface area contributed by atoms with Crippen LogP contribution in [0.3, 0.4) is 0 Å². The van der Waals surface area contributed by atoms with Gasteiger partial charge in [0.25, 0.3) is 5.91 Å². The Balaban J connectivity index is 2.58. The molecule has 1 unspecified atom stereocenters. The maximum absolute atomic E-state index is 12.6. The Morgan fingerprint density at radius 1 is 1.19 bits per heavy atom. The molecule has 1 atom stereocenters. The number of nitrogens with one attached hydrogen (secondary N) is 2. The van der Waals surface area contributed by atoms with Gasteiger partial charge in [0.05, 0.1) is 0 Å². The second-order valence-corrected chi connectivity index (χ2v) is 7.79. The van der Waals surface area contributed by atoms with Gasteiger partial charge in [-0.15, -0.1) is 0 Å². The number of nitrogens with two attached hydrogens (primary N) is 2. The number of nitrogen functional groups attached to an aromatic ring is 1. The van der Waals surface area contributed by atoms with Crippen molar-refractivity contribution < 1.29 is 19.4 Å². The molecule has 31 heavy (non-hydrogen) atoms. The predicted octanol–water partition coefficient (Wildman–Crippen LogP) is 3.07. The Kier molecular flexibility index (Phi) is 7.28. The summed E-state index contributed by atoms with van der Waals surface area (Å²) >= 11 is 0. The van der Waals surface area contributed by atoms with Crippen molar-refractivity contribution in [2.45, 2.75) is 45.6 Å². The molecule has 2 aromatic rings. The van der Waals surface area contributed by atoms with Crippen molar-refractivity contribution in [2.24, 2.45) is 11.5 Å². The van der Waals surface area contributed by atoms with Gasteiger partial charge in [-0.05, 0) is 72.4 Å². The Hall–Kier alpha value is -3.55. The van der Waals surface area contributed by atoms with Crippen molar-refractivity contribution in [1.82, 2.24) is 0 Å². The lowest BCUT2D eigenvalue weighted by molar-refractivity contribution is -0.142. The summed E-state index contributed by atoms with van der Waals surface area (Å²) in [5, 5.41) is 21.0. The number of carbonyl (C=O) groups is 2. The van der Waals surface area contributed by atoms with E-state index < -0.39 is 17.4 Å². The largest absolute Gasteiger partial charge is 0.483 e. The zero-order chi connectivity index (χ0) is 23.3. The molecule has 2 rings (SSSR count). The van der Waals surface area contributed by atoms with Gasteiger partial charge in [0, 0.05) is 11.3 Å². The topological polar surface area (TPSA) is 152 Å². The van der Waals surface area contributed by atoms with E-state index in [0.717, 1.165) is 5.56 Å². The smallest absolute Gasteiger partial charge is 0.334 e. The first kappa shape index (κ1) is 23.7. The SMILES string of the molecule is CCC(Nc1ccc(C(=N)N)cc1)(C(=O)O)c1cc(C(C)C)c(OCC(N)=O)cc1C. The molecule has 0 aliphatic rings. The summed E-state index contributed by atoms with van der Waals surface area (Å²) in [7, 11) is 0. The molecular formula is C23H30N4O4. The van der Waals surface area contributed by atoms with Crippen molar-refractivity contribution in [3.63, 3.8) is 0 Å². The minimum absolute atomic E-state index is 0.0282. The first-order chi connectivity index (χ1) is 14.5. The van der Waals surface area contributed by atoms with E-state index in [0.29, 0.717) is 28.1 Å². The number of hydrogen-bond acceptors (Lipinski definition) is 5. The van der Waals surface area contributed by atoms with Crippen molar-refractivity contribution in [1.29, 1.82) is 5.41 Å². The first-order valence-corrected chi connectivity index (χ1v) is 10.0. The number of amides is 1. The maximum Gasteiger partial charge on any atom is 0.334 e. The Bertz CT molecular complexity index is 986. The zero-order valence-corrected chi connectivity index (χ0v) is 18.3. The van der Waals surface area contributed by atoms with Crippen molar-refractivity contribution >= 4 is 23.4 Å². The molecule has 0 aromatic heterocycles. The number of carbonyl (C=O) groups excluding carboxylic acids is 1. The second kappa shape index (κ2) is 9.51. The average molecular weight is 427 g/mol. The third kappa shape index (κ3) is 5.14. The summed E-state index contributed by atoms with van der Waals surface area (Å²) in [6.07, 6.45) is 0.274. The van der Waals surface area contributed by atoms with Crippen LogP contribution < -0.4 is 21.5 Å². The summed E-state index contributed by atoms with van der Waals surface area (Å²) in [6, 6.07) is 10.3. The number of aryl methyl sites for hydroxylation is 1. The molecule has 0 fully saturated rings. The lowest BCUT2D eigenvalue weighted by Crippen LogP contribution is -2.43. The molecule has 0 aliphatic heterocycles. The number of primary amides is 1. The van der Waals surface area contributed by atoms with E-state index in [1.165, 1.54) is 0 Å². The molecule has 8 heteroatoms. The molecule has 8 nitrogen and oxygen atoms in total. The van der Waals surface area contributed by atoms with E-state index in [-0.39, 0.29) is 24.8 Å². The highest BCUT2D eigenvalue weighted by molar-refractivity contribution is 5.95. The van der Waals surface area contributed by atoms with Gasteiger partial charge in [-0.25, -0.2) is 4.79 Å². The van der Waals surface area contributed by atoms with Crippen molar-refractivity contribution in [3.05, 3.63) is 58.7 Å². The molecule has 1 amide bonds. The molecule has 0 aliphatic carbocycles. The molecule has 0 bridgehead atoms. The second-order valence-electron chi connectivity index (χ2n) is 7.79. The van der Waals surface area contributed by atoms with Crippen LogP contribution in [-0.2, 0) is 15.1 Å². The number of amidine groups is 1. The Morgan fingerprint density at radius 2 is 1.81 bits per heavy atom. The summed E-state index contributed by atoms with van der Waals surface area (Å²) < 4.78 is 5.58. The molecule has 0 spiro atoms. The van der Waals surface area contributed by atoms with Crippen LogP contribution in [0.4, 0.5) is 5.69 Å². The van der Waals surface area contributed by atoms with Crippen LogP contribution in [0.15, 0.2) is 36.4 Å². The molecule has 7 N–H and O–H groups in total. The molecular weight excluding hydrogens is 396 g/mol.